The fraction of sp³-hybridized carbons (Fsp3) is 0.414. The topological polar surface area (TPSA) is 67.9 Å². The molecule has 4 bridgehead atoms. The van der Waals surface area contributed by atoms with E-state index >= 15 is 0 Å². The molecule has 7 rings (SSSR count). The number of halogens is 3. The van der Waals surface area contributed by atoms with Crippen LogP contribution in [0.25, 0.3) is 6.08 Å². The van der Waals surface area contributed by atoms with E-state index in [0.29, 0.717) is 58.6 Å². The van der Waals surface area contributed by atoms with Crippen LogP contribution < -0.4 is 14.9 Å². The third-order valence-electron chi connectivity index (χ3n) is 8.46. The van der Waals surface area contributed by atoms with E-state index < -0.39 is 0 Å². The molecule has 0 radical (unpaired) electrons. The van der Waals surface area contributed by atoms with Gasteiger partial charge in [-0.15, -0.1) is 0 Å². The normalized spacial score (nSPS) is 27.9. The fourth-order valence-electron chi connectivity index (χ4n) is 7.08. The number of hydrogen-bond donors (Lipinski definition) is 1. The van der Waals surface area contributed by atoms with E-state index in [0.717, 1.165) is 24.8 Å². The molecule has 40 heavy (non-hydrogen) atoms. The summed E-state index contributed by atoms with van der Waals surface area (Å²) in [6.45, 7) is 0.215. The van der Waals surface area contributed by atoms with Crippen molar-refractivity contribution >= 4 is 85.3 Å². The molecule has 0 atom stereocenters. The number of nitrogens with zero attached hydrogens (tertiary/aromatic N) is 1. The Hall–Kier alpha value is -1.78. The number of hydrazine groups is 1. The summed E-state index contributed by atoms with van der Waals surface area (Å²) in [4.78, 5) is 27.3. The second-order valence-electron chi connectivity index (χ2n) is 11.2. The summed E-state index contributed by atoms with van der Waals surface area (Å²) in [5.41, 5.74) is 4.03. The van der Waals surface area contributed by atoms with Gasteiger partial charge < -0.3 is 9.47 Å². The van der Waals surface area contributed by atoms with Crippen molar-refractivity contribution in [1.82, 2.24) is 10.4 Å². The van der Waals surface area contributed by atoms with Gasteiger partial charge in [-0.25, -0.2) is 0 Å². The van der Waals surface area contributed by atoms with E-state index in [1.165, 1.54) is 36.0 Å². The number of carbonyl (C=O) groups is 2. The van der Waals surface area contributed by atoms with Crippen molar-refractivity contribution in [2.75, 3.05) is 7.11 Å². The van der Waals surface area contributed by atoms with Crippen LogP contribution in [0.1, 0.15) is 49.7 Å². The van der Waals surface area contributed by atoms with Gasteiger partial charge in [-0.05, 0) is 120 Å². The van der Waals surface area contributed by atoms with Gasteiger partial charge in [0, 0.05) is 15.6 Å². The molecule has 5 aliphatic rings. The maximum absolute atomic E-state index is 13.5. The van der Waals surface area contributed by atoms with Crippen molar-refractivity contribution in [3.05, 3.63) is 60.9 Å². The highest BCUT2D eigenvalue weighted by molar-refractivity contribution is 9.10. The molecular formula is C29H27BrCl2N2O4S2. The van der Waals surface area contributed by atoms with Crippen molar-refractivity contribution in [2.45, 2.75) is 45.1 Å². The maximum Gasteiger partial charge on any atom is 0.285 e. The number of thiocarbonyl (C=S) groups is 1. The Morgan fingerprint density at radius 3 is 2.48 bits per heavy atom. The molecule has 1 heterocycles. The number of amides is 2. The number of methoxy groups -OCH3 is 1. The average Bonchev–Trinajstić information content (AvgIpc) is 3.15. The molecule has 11 heteroatoms. The Labute approximate surface area is 261 Å². The number of hydrogen-bond acceptors (Lipinski definition) is 6. The molecule has 1 saturated heterocycles. The van der Waals surface area contributed by atoms with E-state index in [2.05, 4.69) is 21.4 Å². The number of ether oxygens (including phenoxy) is 2. The summed E-state index contributed by atoms with van der Waals surface area (Å²) in [5, 5.41) is 2.30. The van der Waals surface area contributed by atoms with Crippen LogP contribution in [-0.4, -0.2) is 28.3 Å². The van der Waals surface area contributed by atoms with E-state index in [1.807, 2.05) is 12.1 Å². The summed E-state index contributed by atoms with van der Waals surface area (Å²) in [5.74, 6) is 2.49. The van der Waals surface area contributed by atoms with Crippen LogP contribution in [0.15, 0.2) is 39.7 Å². The predicted octanol–water partition coefficient (Wildman–Crippen LogP) is 7.79. The molecule has 2 amide bonds. The quantitative estimate of drug-likeness (QED) is 0.238. The van der Waals surface area contributed by atoms with Crippen LogP contribution in [0.2, 0.25) is 10.0 Å². The molecule has 210 valence electrons. The molecule has 5 fully saturated rings. The van der Waals surface area contributed by atoms with Crippen LogP contribution in [0.4, 0.5) is 0 Å². The van der Waals surface area contributed by atoms with E-state index in [4.69, 9.17) is 44.9 Å². The summed E-state index contributed by atoms with van der Waals surface area (Å²) >= 11 is 22.5. The fourth-order valence-corrected chi connectivity index (χ4v) is 9.29. The van der Waals surface area contributed by atoms with Gasteiger partial charge in [0.2, 0.25) is 5.91 Å². The molecule has 0 spiro atoms. The summed E-state index contributed by atoms with van der Waals surface area (Å²) in [6, 6.07) is 8.84. The first-order valence-electron chi connectivity index (χ1n) is 13.2. The number of thioether (sulfide) groups is 1. The van der Waals surface area contributed by atoms with Crippen LogP contribution >= 0.6 is 63.1 Å². The number of carbonyl (C=O) groups excluding carboxylic acids is 2. The number of nitrogens with one attached hydrogen (secondary N) is 1. The molecule has 2 aromatic carbocycles. The van der Waals surface area contributed by atoms with Gasteiger partial charge in [0.25, 0.3) is 5.91 Å². The van der Waals surface area contributed by atoms with Gasteiger partial charge in [-0.3, -0.25) is 15.0 Å². The molecule has 2 aromatic rings. The Kier molecular flexibility index (Phi) is 7.89. The molecule has 6 nitrogen and oxygen atoms in total. The summed E-state index contributed by atoms with van der Waals surface area (Å²) in [7, 11) is 1.55. The SMILES string of the molecule is COc1cc(/C=C2/SC(=S)N(NC(=O)C34CC5CC(CC(C5)C3)C4)C2=O)cc(Br)c1OCc1ccc(Cl)cc1Cl. The van der Waals surface area contributed by atoms with Crippen molar-refractivity contribution in [2.24, 2.45) is 23.2 Å². The largest absolute Gasteiger partial charge is 0.493 e. The lowest BCUT2D eigenvalue weighted by Gasteiger charge is -2.55. The minimum Gasteiger partial charge on any atom is -0.493 e. The maximum atomic E-state index is 13.5. The molecule has 1 N–H and O–H groups in total. The Balaban J connectivity index is 1.17. The second kappa shape index (κ2) is 11.1. The number of benzene rings is 2. The minimum atomic E-state index is -0.369. The summed E-state index contributed by atoms with van der Waals surface area (Å²) < 4.78 is 12.6. The van der Waals surface area contributed by atoms with Gasteiger partial charge in [0.15, 0.2) is 15.8 Å². The lowest BCUT2D eigenvalue weighted by atomic mass is 9.49. The second-order valence-corrected chi connectivity index (χ2v) is 14.6. The molecule has 4 aliphatic carbocycles. The molecule has 0 unspecified atom stereocenters. The highest BCUT2D eigenvalue weighted by atomic mass is 79.9. The molecular weight excluding hydrogens is 655 g/mol. The molecule has 4 saturated carbocycles. The Morgan fingerprint density at radius 2 is 1.85 bits per heavy atom. The highest BCUT2D eigenvalue weighted by Crippen LogP contribution is 2.60. The Morgan fingerprint density at radius 1 is 1.18 bits per heavy atom. The standard InChI is InChI=1S/C29H27BrCl2N2O4S2/c1-37-23-8-15(7-21(30)25(23)38-14-19-2-3-20(31)10-22(19)32)9-24-26(35)34(28(39)40-24)33-27(36)29-11-16-4-17(12-29)6-18(5-16)13-29/h2-3,7-10,16-18H,4-6,11-14H2,1H3,(H,33,36)/b24-9+. The van der Waals surface area contributed by atoms with Gasteiger partial charge in [-0.1, -0.05) is 41.0 Å². The van der Waals surface area contributed by atoms with E-state index in [1.54, 1.807) is 31.4 Å². The van der Waals surface area contributed by atoms with Gasteiger partial charge in [-0.2, -0.15) is 5.01 Å². The van der Waals surface area contributed by atoms with Crippen LogP contribution in [0, 0.1) is 23.2 Å². The smallest absolute Gasteiger partial charge is 0.285 e. The van der Waals surface area contributed by atoms with Crippen molar-refractivity contribution < 1.29 is 19.1 Å². The zero-order valence-corrected chi connectivity index (χ0v) is 26.4. The van der Waals surface area contributed by atoms with Gasteiger partial charge >= 0.3 is 0 Å². The summed E-state index contributed by atoms with van der Waals surface area (Å²) in [6.07, 6.45) is 8.23. The first-order valence-corrected chi connectivity index (χ1v) is 15.9. The van der Waals surface area contributed by atoms with Crippen molar-refractivity contribution in [3.63, 3.8) is 0 Å². The highest BCUT2D eigenvalue weighted by Gasteiger charge is 2.55. The van der Waals surface area contributed by atoms with Crippen LogP contribution in [0.3, 0.4) is 0 Å². The van der Waals surface area contributed by atoms with Gasteiger partial charge in [0.1, 0.15) is 6.61 Å². The third kappa shape index (κ3) is 5.40. The first kappa shape index (κ1) is 28.3. The third-order valence-corrected chi connectivity index (χ3v) is 10.9. The first-order chi connectivity index (χ1) is 19.1. The van der Waals surface area contributed by atoms with Crippen LogP contribution in [0.5, 0.6) is 11.5 Å². The van der Waals surface area contributed by atoms with Crippen molar-refractivity contribution in [1.29, 1.82) is 0 Å². The zero-order valence-electron chi connectivity index (χ0n) is 21.7. The minimum absolute atomic E-state index is 0.0594. The number of rotatable bonds is 7. The monoisotopic (exact) mass is 680 g/mol. The lowest BCUT2D eigenvalue weighted by molar-refractivity contribution is -0.152. The predicted molar refractivity (Wildman–Crippen MR) is 165 cm³/mol. The Bertz CT molecular complexity index is 1410. The lowest BCUT2D eigenvalue weighted by Crippen LogP contribution is -2.57. The van der Waals surface area contributed by atoms with E-state index in [-0.39, 0.29) is 23.8 Å². The van der Waals surface area contributed by atoms with E-state index in [9.17, 15) is 9.59 Å². The van der Waals surface area contributed by atoms with Crippen molar-refractivity contribution in [3.8, 4) is 11.5 Å². The van der Waals surface area contributed by atoms with Gasteiger partial charge in [0.05, 0.1) is 21.9 Å². The average molecular weight is 682 g/mol. The molecule has 0 aromatic heterocycles. The zero-order chi connectivity index (χ0) is 28.2. The molecule has 1 aliphatic heterocycles. The van der Waals surface area contributed by atoms with Crippen LogP contribution in [-0.2, 0) is 16.2 Å².